The molecule has 88 valence electrons. The summed E-state index contributed by atoms with van der Waals surface area (Å²) in [6.45, 7) is 4.89. The van der Waals surface area contributed by atoms with Crippen LogP contribution in [0.5, 0.6) is 0 Å². The van der Waals surface area contributed by atoms with Crippen molar-refractivity contribution in [2.45, 2.75) is 45.6 Å². The Bertz CT molecular complexity index is 419. The van der Waals surface area contributed by atoms with Crippen molar-refractivity contribution in [1.29, 1.82) is 0 Å². The molecule has 0 radical (unpaired) electrons. The number of aromatic nitrogens is 2. The third kappa shape index (κ3) is 2.16. The van der Waals surface area contributed by atoms with Gasteiger partial charge in [-0.2, -0.15) is 0 Å². The fourth-order valence-electron chi connectivity index (χ4n) is 2.19. The van der Waals surface area contributed by atoms with Crippen LogP contribution in [-0.2, 0) is 6.42 Å². The zero-order valence-corrected chi connectivity index (χ0v) is 9.97. The number of aromatic amines is 1. The molecule has 1 aromatic heterocycles. The number of hydrogen-bond acceptors (Lipinski definition) is 3. The predicted molar refractivity (Wildman–Crippen MR) is 63.6 cm³/mol. The lowest BCUT2D eigenvalue weighted by Crippen LogP contribution is -2.31. The van der Waals surface area contributed by atoms with Crippen LogP contribution >= 0.6 is 0 Å². The molecule has 1 atom stereocenters. The normalized spacial score (nSPS) is 21.0. The fourth-order valence-corrected chi connectivity index (χ4v) is 2.19. The SMILES string of the molecule is CCc1nc(C2CCCCN2)[nH]c(=O)c1C. The van der Waals surface area contributed by atoms with Crippen LogP contribution in [0.2, 0.25) is 0 Å². The molecule has 4 nitrogen and oxygen atoms in total. The number of hydrogen-bond donors (Lipinski definition) is 2. The molecular weight excluding hydrogens is 202 g/mol. The van der Waals surface area contributed by atoms with Gasteiger partial charge < -0.3 is 10.3 Å². The first-order valence-electron chi connectivity index (χ1n) is 6.05. The van der Waals surface area contributed by atoms with Crippen molar-refractivity contribution in [2.75, 3.05) is 6.54 Å². The zero-order chi connectivity index (χ0) is 11.5. The summed E-state index contributed by atoms with van der Waals surface area (Å²) in [6.07, 6.45) is 4.30. The summed E-state index contributed by atoms with van der Waals surface area (Å²) in [4.78, 5) is 19.2. The summed E-state index contributed by atoms with van der Waals surface area (Å²) in [6, 6.07) is 0.229. The summed E-state index contributed by atoms with van der Waals surface area (Å²) in [7, 11) is 0. The molecule has 2 rings (SSSR count). The lowest BCUT2D eigenvalue weighted by atomic mass is 10.0. The van der Waals surface area contributed by atoms with Gasteiger partial charge in [-0.3, -0.25) is 4.79 Å². The van der Waals surface area contributed by atoms with E-state index < -0.39 is 0 Å². The first-order chi connectivity index (χ1) is 7.72. The molecule has 1 unspecified atom stereocenters. The van der Waals surface area contributed by atoms with Crippen LogP contribution in [0.3, 0.4) is 0 Å². The molecule has 0 amide bonds. The Morgan fingerprint density at radius 3 is 2.88 bits per heavy atom. The second-order valence-electron chi connectivity index (χ2n) is 4.38. The van der Waals surface area contributed by atoms with Gasteiger partial charge in [0, 0.05) is 5.56 Å². The van der Waals surface area contributed by atoms with Crippen LogP contribution < -0.4 is 10.9 Å². The molecule has 2 N–H and O–H groups in total. The predicted octanol–water partition coefficient (Wildman–Crippen LogP) is 1.46. The van der Waals surface area contributed by atoms with E-state index in [-0.39, 0.29) is 11.6 Å². The van der Waals surface area contributed by atoms with E-state index in [0.717, 1.165) is 36.5 Å². The van der Waals surface area contributed by atoms with E-state index in [1.807, 2.05) is 13.8 Å². The molecule has 0 saturated carbocycles. The van der Waals surface area contributed by atoms with Crippen molar-refractivity contribution in [3.8, 4) is 0 Å². The van der Waals surface area contributed by atoms with Crippen molar-refractivity contribution in [2.24, 2.45) is 0 Å². The van der Waals surface area contributed by atoms with Crippen molar-refractivity contribution in [3.05, 3.63) is 27.4 Å². The third-order valence-corrected chi connectivity index (χ3v) is 3.25. The third-order valence-electron chi connectivity index (χ3n) is 3.25. The van der Waals surface area contributed by atoms with Gasteiger partial charge >= 0.3 is 0 Å². The molecular formula is C12H19N3O. The van der Waals surface area contributed by atoms with E-state index in [1.54, 1.807) is 0 Å². The molecule has 4 heteroatoms. The molecule has 2 heterocycles. The van der Waals surface area contributed by atoms with Crippen molar-refractivity contribution in [1.82, 2.24) is 15.3 Å². The minimum Gasteiger partial charge on any atom is -0.309 e. The number of aryl methyl sites for hydroxylation is 1. The average Bonchev–Trinajstić information content (AvgIpc) is 2.33. The van der Waals surface area contributed by atoms with Crippen LogP contribution in [0.15, 0.2) is 4.79 Å². The lowest BCUT2D eigenvalue weighted by Gasteiger charge is -2.23. The maximum absolute atomic E-state index is 11.7. The topological polar surface area (TPSA) is 57.8 Å². The van der Waals surface area contributed by atoms with Gasteiger partial charge in [0.2, 0.25) is 0 Å². The van der Waals surface area contributed by atoms with E-state index >= 15 is 0 Å². The molecule has 0 aromatic carbocycles. The Morgan fingerprint density at radius 1 is 1.44 bits per heavy atom. The maximum atomic E-state index is 11.7. The molecule has 1 saturated heterocycles. The van der Waals surface area contributed by atoms with Crippen molar-refractivity contribution >= 4 is 0 Å². The van der Waals surface area contributed by atoms with E-state index in [1.165, 1.54) is 12.8 Å². The average molecular weight is 221 g/mol. The van der Waals surface area contributed by atoms with E-state index in [4.69, 9.17) is 0 Å². The van der Waals surface area contributed by atoms with Crippen LogP contribution in [0.4, 0.5) is 0 Å². The maximum Gasteiger partial charge on any atom is 0.254 e. The van der Waals surface area contributed by atoms with Crippen molar-refractivity contribution < 1.29 is 0 Å². The molecule has 1 fully saturated rings. The Balaban J connectivity index is 2.33. The zero-order valence-electron chi connectivity index (χ0n) is 9.97. The Morgan fingerprint density at radius 2 is 2.25 bits per heavy atom. The Kier molecular flexibility index (Phi) is 3.39. The Hall–Kier alpha value is -1.16. The summed E-state index contributed by atoms with van der Waals surface area (Å²) >= 11 is 0. The minimum atomic E-state index is 0.00854. The highest BCUT2D eigenvalue weighted by atomic mass is 16.1. The molecule has 0 spiro atoms. The van der Waals surface area contributed by atoms with Gasteiger partial charge in [0.1, 0.15) is 5.82 Å². The summed E-state index contributed by atoms with van der Waals surface area (Å²) in [5.41, 5.74) is 1.68. The van der Waals surface area contributed by atoms with Gasteiger partial charge in [-0.1, -0.05) is 13.3 Å². The van der Waals surface area contributed by atoms with Gasteiger partial charge in [-0.15, -0.1) is 0 Å². The van der Waals surface area contributed by atoms with E-state index in [9.17, 15) is 4.79 Å². The van der Waals surface area contributed by atoms with Gasteiger partial charge in [0.05, 0.1) is 11.7 Å². The van der Waals surface area contributed by atoms with Crippen molar-refractivity contribution in [3.63, 3.8) is 0 Å². The molecule has 1 aliphatic heterocycles. The Labute approximate surface area is 95.5 Å². The second kappa shape index (κ2) is 4.78. The fraction of sp³-hybridized carbons (Fsp3) is 0.667. The number of rotatable bonds is 2. The quantitative estimate of drug-likeness (QED) is 0.794. The van der Waals surface area contributed by atoms with Crippen LogP contribution in [0, 0.1) is 6.92 Å². The smallest absolute Gasteiger partial charge is 0.254 e. The highest BCUT2D eigenvalue weighted by Crippen LogP contribution is 2.19. The second-order valence-corrected chi connectivity index (χ2v) is 4.38. The standard InChI is InChI=1S/C12H19N3O/c1-3-9-8(2)12(16)15-11(14-9)10-6-4-5-7-13-10/h10,13H,3-7H2,1-2H3,(H,14,15,16). The van der Waals surface area contributed by atoms with Gasteiger partial charge in [-0.05, 0) is 32.7 Å². The largest absolute Gasteiger partial charge is 0.309 e. The monoisotopic (exact) mass is 221 g/mol. The molecule has 16 heavy (non-hydrogen) atoms. The first kappa shape index (κ1) is 11.3. The van der Waals surface area contributed by atoms with Gasteiger partial charge in [0.15, 0.2) is 0 Å². The van der Waals surface area contributed by atoms with E-state index in [2.05, 4.69) is 15.3 Å². The van der Waals surface area contributed by atoms with Crippen LogP contribution in [-0.4, -0.2) is 16.5 Å². The summed E-state index contributed by atoms with van der Waals surface area (Å²) in [5, 5.41) is 3.40. The highest BCUT2D eigenvalue weighted by Gasteiger charge is 2.18. The van der Waals surface area contributed by atoms with Gasteiger partial charge in [-0.25, -0.2) is 4.98 Å². The molecule has 0 aliphatic carbocycles. The number of H-pyrrole nitrogens is 1. The molecule has 1 aromatic rings. The molecule has 0 bridgehead atoms. The van der Waals surface area contributed by atoms with Crippen LogP contribution in [0.1, 0.15) is 49.3 Å². The number of nitrogens with one attached hydrogen (secondary N) is 2. The summed E-state index contributed by atoms with van der Waals surface area (Å²) in [5.74, 6) is 0.812. The minimum absolute atomic E-state index is 0.00854. The van der Waals surface area contributed by atoms with E-state index in [0.29, 0.717) is 0 Å². The molecule has 1 aliphatic rings. The first-order valence-corrected chi connectivity index (χ1v) is 6.05. The lowest BCUT2D eigenvalue weighted by molar-refractivity contribution is 0.395. The highest BCUT2D eigenvalue weighted by molar-refractivity contribution is 5.17. The van der Waals surface area contributed by atoms with Gasteiger partial charge in [0.25, 0.3) is 5.56 Å². The number of piperidine rings is 1. The van der Waals surface area contributed by atoms with Crippen LogP contribution in [0.25, 0.3) is 0 Å². The number of nitrogens with zero attached hydrogens (tertiary/aromatic N) is 1. The summed E-state index contributed by atoms with van der Waals surface area (Å²) < 4.78 is 0.